The fraction of sp³-hybridized carbons (Fsp3) is 0.909. The Hall–Kier alpha value is -0.900. The van der Waals surface area contributed by atoms with Crippen LogP contribution >= 0.6 is 0 Å². The number of nitrogens with one attached hydrogen (secondary N) is 3. The Morgan fingerprint density at radius 3 is 2.60 bits per heavy atom. The van der Waals surface area contributed by atoms with Gasteiger partial charge in [-0.2, -0.15) is 13.1 Å². The van der Waals surface area contributed by atoms with Gasteiger partial charge in [-0.1, -0.05) is 0 Å². The highest BCUT2D eigenvalue weighted by molar-refractivity contribution is 7.88. The molecule has 1 fully saturated rings. The summed E-state index contributed by atoms with van der Waals surface area (Å²) in [5.74, 6) is 0. The second kappa shape index (κ2) is 8.40. The standard InChI is InChI=1S/C11H23N3O5S/c1-9(2)19-11(15)14-20(16,17)13-7-8-18-10-3-5-12-6-4-10/h9-10,12-13H,3-8H2,1-2H3,(H,14,15). The molecular formula is C11H23N3O5S. The average molecular weight is 309 g/mol. The summed E-state index contributed by atoms with van der Waals surface area (Å²) in [6, 6.07) is 0. The van der Waals surface area contributed by atoms with Crippen molar-refractivity contribution in [1.82, 2.24) is 14.8 Å². The Morgan fingerprint density at radius 2 is 2.00 bits per heavy atom. The SMILES string of the molecule is CC(C)OC(=O)NS(=O)(=O)NCCOC1CCNCC1. The topological polar surface area (TPSA) is 106 Å². The Morgan fingerprint density at radius 1 is 1.35 bits per heavy atom. The number of rotatable bonds is 7. The van der Waals surface area contributed by atoms with Gasteiger partial charge in [0, 0.05) is 6.54 Å². The second-order valence-electron chi connectivity index (χ2n) is 4.77. The smallest absolute Gasteiger partial charge is 0.422 e. The largest absolute Gasteiger partial charge is 0.446 e. The zero-order valence-corrected chi connectivity index (χ0v) is 12.7. The maximum atomic E-state index is 11.5. The predicted octanol–water partition coefficient (Wildman–Crippen LogP) is -0.276. The van der Waals surface area contributed by atoms with E-state index in [0.29, 0.717) is 0 Å². The number of ether oxygens (including phenoxy) is 2. The van der Waals surface area contributed by atoms with Gasteiger partial charge in [0.15, 0.2) is 0 Å². The lowest BCUT2D eigenvalue weighted by Gasteiger charge is -2.22. The number of hydrogen-bond donors (Lipinski definition) is 3. The lowest BCUT2D eigenvalue weighted by Crippen LogP contribution is -2.42. The Bertz CT molecular complexity index is 393. The van der Waals surface area contributed by atoms with E-state index in [9.17, 15) is 13.2 Å². The van der Waals surface area contributed by atoms with Crippen molar-refractivity contribution in [2.75, 3.05) is 26.2 Å². The molecule has 0 unspecified atom stereocenters. The molecule has 0 radical (unpaired) electrons. The first-order valence-electron chi connectivity index (χ1n) is 6.69. The van der Waals surface area contributed by atoms with Crippen LogP contribution in [-0.4, -0.2) is 53.0 Å². The molecule has 1 heterocycles. The minimum Gasteiger partial charge on any atom is -0.446 e. The van der Waals surface area contributed by atoms with Crippen LogP contribution in [0, 0.1) is 0 Å². The van der Waals surface area contributed by atoms with Crippen LogP contribution in [0.4, 0.5) is 4.79 Å². The molecule has 1 aliphatic rings. The summed E-state index contributed by atoms with van der Waals surface area (Å²) in [4.78, 5) is 11.2. The Labute approximate surface area is 119 Å². The van der Waals surface area contributed by atoms with Crippen molar-refractivity contribution in [3.63, 3.8) is 0 Å². The van der Waals surface area contributed by atoms with Crippen molar-refractivity contribution < 1.29 is 22.7 Å². The van der Waals surface area contributed by atoms with Crippen LogP contribution in [0.25, 0.3) is 0 Å². The van der Waals surface area contributed by atoms with Crippen LogP contribution in [0.5, 0.6) is 0 Å². The zero-order chi connectivity index (χ0) is 15.0. The summed E-state index contributed by atoms with van der Waals surface area (Å²) in [6.07, 6.45) is 0.636. The molecule has 0 saturated carbocycles. The summed E-state index contributed by atoms with van der Waals surface area (Å²) in [5.41, 5.74) is 0. The third kappa shape index (κ3) is 7.63. The molecular weight excluding hydrogens is 286 g/mol. The highest BCUT2D eigenvalue weighted by atomic mass is 32.2. The number of carbonyl (C=O) groups excluding carboxylic acids is 1. The number of carbonyl (C=O) groups is 1. The van der Waals surface area contributed by atoms with Gasteiger partial charge in [-0.3, -0.25) is 0 Å². The summed E-state index contributed by atoms with van der Waals surface area (Å²) in [5, 5.41) is 3.21. The molecule has 1 saturated heterocycles. The molecule has 1 rings (SSSR count). The quantitative estimate of drug-likeness (QED) is 0.559. The number of piperidine rings is 1. The van der Waals surface area contributed by atoms with E-state index in [0.717, 1.165) is 25.9 Å². The van der Waals surface area contributed by atoms with Gasteiger partial charge >= 0.3 is 16.3 Å². The summed E-state index contributed by atoms with van der Waals surface area (Å²) < 4.78 is 37.2. The molecule has 0 aromatic rings. The fourth-order valence-electron chi connectivity index (χ4n) is 1.75. The molecule has 1 amide bonds. The van der Waals surface area contributed by atoms with E-state index in [-0.39, 0.29) is 25.4 Å². The minimum absolute atomic E-state index is 0.105. The summed E-state index contributed by atoms with van der Waals surface area (Å²) in [6.45, 7) is 5.47. The molecule has 3 N–H and O–H groups in total. The van der Waals surface area contributed by atoms with Gasteiger partial charge in [0.2, 0.25) is 0 Å². The van der Waals surface area contributed by atoms with Gasteiger partial charge in [-0.25, -0.2) is 9.52 Å². The average Bonchev–Trinajstić information content (AvgIpc) is 2.34. The molecule has 0 aromatic carbocycles. The molecule has 0 spiro atoms. The van der Waals surface area contributed by atoms with Crippen LogP contribution < -0.4 is 14.8 Å². The molecule has 0 atom stereocenters. The first-order chi connectivity index (χ1) is 9.39. The molecule has 0 aromatic heterocycles. The van der Waals surface area contributed by atoms with E-state index >= 15 is 0 Å². The van der Waals surface area contributed by atoms with Gasteiger partial charge in [0.1, 0.15) is 0 Å². The van der Waals surface area contributed by atoms with E-state index in [4.69, 9.17) is 4.74 Å². The summed E-state index contributed by atoms with van der Waals surface area (Å²) >= 11 is 0. The van der Waals surface area contributed by atoms with Crippen molar-refractivity contribution in [2.45, 2.75) is 38.9 Å². The molecule has 9 heteroatoms. The normalized spacial score (nSPS) is 17.1. The first kappa shape index (κ1) is 17.2. The summed E-state index contributed by atoms with van der Waals surface area (Å²) in [7, 11) is -3.90. The van der Waals surface area contributed by atoms with E-state index < -0.39 is 16.3 Å². The van der Waals surface area contributed by atoms with Crippen molar-refractivity contribution in [2.24, 2.45) is 0 Å². The van der Waals surface area contributed by atoms with Crippen molar-refractivity contribution in [3.8, 4) is 0 Å². The Kier molecular flexibility index (Phi) is 7.20. The lowest BCUT2D eigenvalue weighted by molar-refractivity contribution is 0.0366. The molecule has 118 valence electrons. The second-order valence-corrected chi connectivity index (χ2v) is 6.27. The Balaban J connectivity index is 2.17. The third-order valence-corrected chi connectivity index (χ3v) is 3.61. The fourth-order valence-corrected chi connectivity index (χ4v) is 2.44. The van der Waals surface area contributed by atoms with Crippen LogP contribution in [-0.2, 0) is 19.7 Å². The number of hydrogen-bond acceptors (Lipinski definition) is 6. The predicted molar refractivity (Wildman–Crippen MR) is 73.5 cm³/mol. The van der Waals surface area contributed by atoms with E-state index in [1.165, 1.54) is 0 Å². The van der Waals surface area contributed by atoms with Gasteiger partial charge in [-0.15, -0.1) is 0 Å². The highest BCUT2D eigenvalue weighted by Crippen LogP contribution is 2.06. The third-order valence-electron chi connectivity index (χ3n) is 2.59. The first-order valence-corrected chi connectivity index (χ1v) is 8.17. The van der Waals surface area contributed by atoms with E-state index in [1.54, 1.807) is 18.6 Å². The van der Waals surface area contributed by atoms with Crippen LogP contribution in [0.1, 0.15) is 26.7 Å². The monoisotopic (exact) mass is 309 g/mol. The molecule has 8 nitrogen and oxygen atoms in total. The van der Waals surface area contributed by atoms with Crippen LogP contribution in [0.15, 0.2) is 0 Å². The van der Waals surface area contributed by atoms with Crippen LogP contribution in [0.2, 0.25) is 0 Å². The van der Waals surface area contributed by atoms with Gasteiger partial charge in [-0.05, 0) is 39.8 Å². The maximum absolute atomic E-state index is 11.5. The molecule has 0 bridgehead atoms. The van der Waals surface area contributed by atoms with Gasteiger partial charge in [0.05, 0.1) is 18.8 Å². The molecule has 1 aliphatic heterocycles. The highest BCUT2D eigenvalue weighted by Gasteiger charge is 2.17. The van der Waals surface area contributed by atoms with Crippen molar-refractivity contribution in [1.29, 1.82) is 0 Å². The maximum Gasteiger partial charge on any atom is 0.422 e. The molecule has 0 aliphatic carbocycles. The minimum atomic E-state index is -3.90. The van der Waals surface area contributed by atoms with Crippen molar-refractivity contribution >= 4 is 16.3 Å². The van der Waals surface area contributed by atoms with Crippen LogP contribution in [0.3, 0.4) is 0 Å². The lowest BCUT2D eigenvalue weighted by atomic mass is 10.1. The van der Waals surface area contributed by atoms with E-state index in [1.807, 2.05) is 0 Å². The van der Waals surface area contributed by atoms with E-state index in [2.05, 4.69) is 14.8 Å². The van der Waals surface area contributed by atoms with Crippen molar-refractivity contribution in [3.05, 3.63) is 0 Å². The zero-order valence-electron chi connectivity index (χ0n) is 11.8. The molecule has 20 heavy (non-hydrogen) atoms. The number of amides is 1. The van der Waals surface area contributed by atoms with Gasteiger partial charge < -0.3 is 14.8 Å². The van der Waals surface area contributed by atoms with Gasteiger partial charge in [0.25, 0.3) is 0 Å².